The molecule has 2 nitrogen and oxygen atoms in total. The van der Waals surface area contributed by atoms with Gasteiger partial charge in [0.1, 0.15) is 11.9 Å². The lowest BCUT2D eigenvalue weighted by Gasteiger charge is -2.12. The molecule has 1 rings (SSSR count). The maximum Gasteiger partial charge on any atom is 0.143 e. The summed E-state index contributed by atoms with van der Waals surface area (Å²) in [7, 11) is 0. The molecule has 1 aromatic carbocycles. The van der Waals surface area contributed by atoms with E-state index >= 15 is 0 Å². The monoisotopic (exact) mass is 276 g/mol. The van der Waals surface area contributed by atoms with Crippen molar-refractivity contribution >= 4 is 15.9 Å². The van der Waals surface area contributed by atoms with Gasteiger partial charge in [-0.1, -0.05) is 19.1 Å². The lowest BCUT2D eigenvalue weighted by molar-refractivity contribution is 0.0345. The second-order valence-corrected chi connectivity index (χ2v) is 4.09. The highest BCUT2D eigenvalue weighted by atomic mass is 79.9. The Morgan fingerprint density at radius 3 is 2.93 bits per heavy atom. The first kappa shape index (κ1) is 12.6. The molecule has 84 valence electrons. The molecule has 0 bridgehead atoms. The number of hydrogen-bond donors (Lipinski definition) is 1. The van der Waals surface area contributed by atoms with Crippen LogP contribution in [0.2, 0.25) is 0 Å². The first-order valence-corrected chi connectivity index (χ1v) is 5.65. The fourth-order valence-electron chi connectivity index (χ4n) is 1.21. The summed E-state index contributed by atoms with van der Waals surface area (Å²) < 4.78 is 19.0. The van der Waals surface area contributed by atoms with E-state index in [0.29, 0.717) is 11.1 Å². The van der Waals surface area contributed by atoms with Crippen molar-refractivity contribution in [2.75, 3.05) is 13.2 Å². The maximum absolute atomic E-state index is 13.5. The molecular formula is C11H14BrFO2. The molecule has 0 aliphatic carbocycles. The molecule has 0 radical (unpaired) electrons. The van der Waals surface area contributed by atoms with Gasteiger partial charge < -0.3 is 9.84 Å². The van der Waals surface area contributed by atoms with Crippen LogP contribution in [-0.2, 0) is 4.74 Å². The number of aliphatic hydroxyl groups is 1. The van der Waals surface area contributed by atoms with Gasteiger partial charge in [-0.3, -0.25) is 0 Å². The summed E-state index contributed by atoms with van der Waals surface area (Å²) in [6.45, 7) is 2.68. The van der Waals surface area contributed by atoms with Gasteiger partial charge in [-0.15, -0.1) is 0 Å². The third-order valence-electron chi connectivity index (χ3n) is 1.96. The van der Waals surface area contributed by atoms with Crippen LogP contribution in [0.25, 0.3) is 0 Å². The molecule has 1 aromatic rings. The highest BCUT2D eigenvalue weighted by Gasteiger charge is 2.14. The zero-order valence-electron chi connectivity index (χ0n) is 8.54. The molecule has 0 saturated carbocycles. The number of aliphatic hydroxyl groups excluding tert-OH is 1. The summed E-state index contributed by atoms with van der Waals surface area (Å²) in [5.74, 6) is -0.426. The van der Waals surface area contributed by atoms with Crippen molar-refractivity contribution in [1.29, 1.82) is 0 Å². The number of halogens is 2. The van der Waals surface area contributed by atoms with Crippen molar-refractivity contribution in [3.05, 3.63) is 34.1 Å². The van der Waals surface area contributed by atoms with Crippen LogP contribution in [0, 0.1) is 5.82 Å². The van der Waals surface area contributed by atoms with Gasteiger partial charge in [-0.05, 0) is 28.4 Å². The molecule has 0 aliphatic heterocycles. The van der Waals surface area contributed by atoms with E-state index in [1.807, 2.05) is 6.92 Å². The fraction of sp³-hybridized carbons (Fsp3) is 0.455. The summed E-state index contributed by atoms with van der Waals surface area (Å²) in [5.41, 5.74) is 0.264. The van der Waals surface area contributed by atoms with Crippen LogP contribution in [0.1, 0.15) is 25.0 Å². The van der Waals surface area contributed by atoms with Gasteiger partial charge in [0.25, 0.3) is 0 Å². The average molecular weight is 277 g/mol. The fourth-order valence-corrected chi connectivity index (χ4v) is 1.59. The Morgan fingerprint density at radius 2 is 2.27 bits per heavy atom. The van der Waals surface area contributed by atoms with Crippen LogP contribution >= 0.6 is 15.9 Å². The van der Waals surface area contributed by atoms with Gasteiger partial charge in [0.05, 0.1) is 11.1 Å². The van der Waals surface area contributed by atoms with Crippen LogP contribution in [0.5, 0.6) is 0 Å². The summed E-state index contributed by atoms with van der Waals surface area (Å²) in [6, 6.07) is 4.84. The van der Waals surface area contributed by atoms with Crippen molar-refractivity contribution in [3.8, 4) is 0 Å². The third-order valence-corrected chi connectivity index (χ3v) is 2.58. The quantitative estimate of drug-likeness (QED) is 0.838. The second kappa shape index (κ2) is 6.20. The topological polar surface area (TPSA) is 29.5 Å². The summed E-state index contributed by atoms with van der Waals surface area (Å²) in [5, 5.41) is 9.67. The lowest BCUT2D eigenvalue weighted by Crippen LogP contribution is -2.09. The molecule has 0 spiro atoms. The molecule has 0 heterocycles. The molecule has 0 aromatic heterocycles. The van der Waals surface area contributed by atoms with Crippen molar-refractivity contribution in [3.63, 3.8) is 0 Å². The number of hydrogen-bond acceptors (Lipinski definition) is 2. The Balaban J connectivity index is 2.65. The Kier molecular flexibility index (Phi) is 5.22. The number of rotatable bonds is 5. The lowest BCUT2D eigenvalue weighted by atomic mass is 10.1. The second-order valence-electron chi connectivity index (χ2n) is 3.23. The van der Waals surface area contributed by atoms with Crippen LogP contribution in [-0.4, -0.2) is 18.3 Å². The first-order chi connectivity index (χ1) is 7.16. The van der Waals surface area contributed by atoms with E-state index in [1.165, 1.54) is 0 Å². The maximum atomic E-state index is 13.5. The Bertz CT molecular complexity index is 317. The van der Waals surface area contributed by atoms with Gasteiger partial charge in [0, 0.05) is 12.2 Å². The largest absolute Gasteiger partial charge is 0.386 e. The highest BCUT2D eigenvalue weighted by molar-refractivity contribution is 9.10. The molecule has 0 aliphatic rings. The van der Waals surface area contributed by atoms with E-state index in [1.54, 1.807) is 18.2 Å². The Hall–Kier alpha value is -0.450. The van der Waals surface area contributed by atoms with E-state index in [9.17, 15) is 9.50 Å². The molecule has 1 N–H and O–H groups in total. The van der Waals surface area contributed by atoms with Crippen LogP contribution in [0.3, 0.4) is 0 Å². The van der Waals surface area contributed by atoms with Gasteiger partial charge in [0.2, 0.25) is 0 Å². The molecule has 0 fully saturated rings. The summed E-state index contributed by atoms with van der Waals surface area (Å²) in [6.07, 6.45) is -0.0257. The smallest absolute Gasteiger partial charge is 0.143 e. The minimum absolute atomic E-state index is 0.126. The van der Waals surface area contributed by atoms with Crippen molar-refractivity contribution in [1.82, 2.24) is 0 Å². The highest BCUT2D eigenvalue weighted by Crippen LogP contribution is 2.23. The molecule has 1 atom stereocenters. The van der Waals surface area contributed by atoms with E-state index in [-0.39, 0.29) is 12.2 Å². The summed E-state index contributed by atoms with van der Waals surface area (Å²) >= 11 is 3.07. The molecule has 0 saturated heterocycles. The van der Waals surface area contributed by atoms with Gasteiger partial charge in [-0.2, -0.15) is 0 Å². The van der Waals surface area contributed by atoms with Gasteiger partial charge in [-0.25, -0.2) is 4.39 Å². The van der Waals surface area contributed by atoms with Crippen LogP contribution < -0.4 is 0 Å². The molecule has 0 amide bonds. The summed E-state index contributed by atoms with van der Waals surface area (Å²) in [4.78, 5) is 0. The van der Waals surface area contributed by atoms with E-state index in [4.69, 9.17) is 4.74 Å². The average Bonchev–Trinajstić information content (AvgIpc) is 2.22. The number of benzene rings is 1. The van der Waals surface area contributed by atoms with Crippen molar-refractivity contribution < 1.29 is 14.2 Å². The zero-order valence-corrected chi connectivity index (χ0v) is 10.1. The van der Waals surface area contributed by atoms with Gasteiger partial charge >= 0.3 is 0 Å². The van der Waals surface area contributed by atoms with Crippen molar-refractivity contribution in [2.24, 2.45) is 0 Å². The predicted molar refractivity (Wildman–Crippen MR) is 60.2 cm³/mol. The third kappa shape index (κ3) is 3.55. The molecule has 1 unspecified atom stereocenters. The number of ether oxygens (including phenoxy) is 1. The molecule has 15 heavy (non-hydrogen) atoms. The normalized spacial score (nSPS) is 12.8. The van der Waals surface area contributed by atoms with E-state index in [0.717, 1.165) is 6.42 Å². The van der Waals surface area contributed by atoms with E-state index in [2.05, 4.69) is 15.9 Å². The molecular weight excluding hydrogens is 263 g/mol. The van der Waals surface area contributed by atoms with Gasteiger partial charge in [0.15, 0.2) is 0 Å². The first-order valence-electron chi connectivity index (χ1n) is 4.86. The zero-order chi connectivity index (χ0) is 11.3. The predicted octanol–water partition coefficient (Wildman–Crippen LogP) is 3.05. The standard InChI is InChI=1S/C11H14BrFO2/c1-2-6-15-7-10(14)8-4-3-5-9(12)11(8)13/h3-5,10,14H,2,6-7H2,1H3. The minimum atomic E-state index is -0.908. The Labute approximate surface area is 97.2 Å². The Morgan fingerprint density at radius 1 is 1.53 bits per heavy atom. The van der Waals surface area contributed by atoms with Crippen LogP contribution in [0.4, 0.5) is 4.39 Å². The van der Waals surface area contributed by atoms with Crippen LogP contribution in [0.15, 0.2) is 22.7 Å². The minimum Gasteiger partial charge on any atom is -0.386 e. The molecule has 4 heteroatoms. The van der Waals surface area contributed by atoms with E-state index < -0.39 is 11.9 Å². The SMILES string of the molecule is CCCOCC(O)c1cccc(Br)c1F. The van der Waals surface area contributed by atoms with Crippen molar-refractivity contribution in [2.45, 2.75) is 19.4 Å².